The van der Waals surface area contributed by atoms with Crippen molar-refractivity contribution in [3.8, 4) is 0 Å². The van der Waals surface area contributed by atoms with Crippen LogP contribution in [0.1, 0.15) is 24.1 Å². The van der Waals surface area contributed by atoms with Crippen LogP contribution in [0.25, 0.3) is 0 Å². The second kappa shape index (κ2) is 5.55. The number of hydrogen-bond acceptors (Lipinski definition) is 3. The maximum Gasteiger partial charge on any atom is 0.0417 e. The molecule has 2 fully saturated rings. The third kappa shape index (κ3) is 2.68. The highest BCUT2D eigenvalue weighted by Gasteiger charge is 2.40. The van der Waals surface area contributed by atoms with Gasteiger partial charge in [0.05, 0.1) is 0 Å². The first-order valence-corrected chi connectivity index (χ1v) is 6.61. The number of aromatic nitrogens is 1. The van der Waals surface area contributed by atoms with Crippen LogP contribution in [-0.2, 0) is 6.54 Å². The number of hydrogen-bond donors (Lipinski definition) is 1. The Morgan fingerprint density at radius 3 is 3.06 bits per heavy atom. The predicted octanol–water partition coefficient (Wildman–Crippen LogP) is 2.00. The van der Waals surface area contributed by atoms with Crippen LogP contribution in [0, 0.1) is 12.3 Å². The molecule has 1 aromatic heterocycles. The first kappa shape index (κ1) is 13.8. The predicted molar refractivity (Wildman–Crippen MR) is 76.0 cm³/mol. The number of nitrogens with zero attached hydrogens (tertiary/aromatic N) is 2. The Bertz CT molecular complexity index is 402. The van der Waals surface area contributed by atoms with Gasteiger partial charge < -0.3 is 5.32 Å². The third-order valence-corrected chi connectivity index (χ3v) is 4.36. The fourth-order valence-corrected chi connectivity index (χ4v) is 3.23. The van der Waals surface area contributed by atoms with Crippen LogP contribution in [-0.4, -0.2) is 36.1 Å². The van der Waals surface area contributed by atoms with Gasteiger partial charge in [-0.2, -0.15) is 0 Å². The van der Waals surface area contributed by atoms with Gasteiger partial charge in [0, 0.05) is 31.5 Å². The van der Waals surface area contributed by atoms with Gasteiger partial charge in [0.25, 0.3) is 0 Å². The zero-order chi connectivity index (χ0) is 11.7. The lowest BCUT2D eigenvalue weighted by Crippen LogP contribution is -2.29. The van der Waals surface area contributed by atoms with Crippen molar-refractivity contribution in [2.75, 3.05) is 26.2 Å². The van der Waals surface area contributed by atoms with E-state index in [1.165, 1.54) is 50.3 Å². The SMILES string of the molecule is Cc1ncccc1CN1CCC2(CCNC2)C1.Cl. The average Bonchev–Trinajstić information content (AvgIpc) is 2.94. The van der Waals surface area contributed by atoms with E-state index in [-0.39, 0.29) is 12.4 Å². The van der Waals surface area contributed by atoms with Gasteiger partial charge in [-0.05, 0) is 49.9 Å². The second-order valence-corrected chi connectivity index (χ2v) is 5.64. The Balaban J connectivity index is 0.00000120. The molecule has 1 spiro atoms. The molecule has 0 aromatic carbocycles. The summed E-state index contributed by atoms with van der Waals surface area (Å²) in [6.45, 7) is 8.11. The maximum absolute atomic E-state index is 4.37. The molecule has 0 bridgehead atoms. The van der Waals surface area contributed by atoms with Crippen molar-refractivity contribution in [2.45, 2.75) is 26.3 Å². The Morgan fingerprint density at radius 1 is 1.44 bits per heavy atom. The smallest absolute Gasteiger partial charge is 0.0417 e. The van der Waals surface area contributed by atoms with Crippen molar-refractivity contribution in [3.63, 3.8) is 0 Å². The molecule has 100 valence electrons. The fraction of sp³-hybridized carbons (Fsp3) is 0.643. The molecule has 3 nitrogen and oxygen atoms in total. The quantitative estimate of drug-likeness (QED) is 0.888. The summed E-state index contributed by atoms with van der Waals surface area (Å²) in [6.07, 6.45) is 4.60. The van der Waals surface area contributed by atoms with Crippen LogP contribution in [0.2, 0.25) is 0 Å². The van der Waals surface area contributed by atoms with E-state index < -0.39 is 0 Å². The summed E-state index contributed by atoms with van der Waals surface area (Å²) < 4.78 is 0. The van der Waals surface area contributed by atoms with Crippen molar-refractivity contribution in [1.82, 2.24) is 15.2 Å². The van der Waals surface area contributed by atoms with E-state index in [4.69, 9.17) is 0 Å². The van der Waals surface area contributed by atoms with Crippen LogP contribution in [0.5, 0.6) is 0 Å². The van der Waals surface area contributed by atoms with E-state index in [0.717, 1.165) is 6.54 Å². The van der Waals surface area contributed by atoms with Crippen molar-refractivity contribution in [1.29, 1.82) is 0 Å². The molecule has 0 amide bonds. The number of pyridine rings is 1. The molecule has 2 saturated heterocycles. The van der Waals surface area contributed by atoms with Crippen molar-refractivity contribution < 1.29 is 0 Å². The monoisotopic (exact) mass is 267 g/mol. The minimum atomic E-state index is 0. The first-order chi connectivity index (χ1) is 8.27. The van der Waals surface area contributed by atoms with E-state index in [1.807, 2.05) is 12.3 Å². The molecular formula is C14H22ClN3. The van der Waals surface area contributed by atoms with E-state index in [1.54, 1.807) is 0 Å². The molecule has 2 aliphatic rings. The molecule has 0 aliphatic carbocycles. The minimum absolute atomic E-state index is 0. The summed E-state index contributed by atoms with van der Waals surface area (Å²) in [5, 5.41) is 3.51. The molecule has 1 atom stereocenters. The van der Waals surface area contributed by atoms with Gasteiger partial charge in [-0.1, -0.05) is 6.07 Å². The molecule has 3 heterocycles. The highest BCUT2D eigenvalue weighted by Crippen LogP contribution is 2.36. The zero-order valence-corrected chi connectivity index (χ0v) is 11.8. The van der Waals surface area contributed by atoms with E-state index in [0.29, 0.717) is 5.41 Å². The lowest BCUT2D eigenvalue weighted by atomic mass is 9.86. The minimum Gasteiger partial charge on any atom is -0.316 e. The number of nitrogens with one attached hydrogen (secondary N) is 1. The maximum atomic E-state index is 4.37. The van der Waals surface area contributed by atoms with Crippen LogP contribution in [0.15, 0.2) is 18.3 Å². The fourth-order valence-electron chi connectivity index (χ4n) is 3.23. The van der Waals surface area contributed by atoms with Crippen molar-refractivity contribution in [2.24, 2.45) is 5.41 Å². The molecule has 3 rings (SSSR count). The molecule has 1 aromatic rings. The van der Waals surface area contributed by atoms with Gasteiger partial charge in [0.1, 0.15) is 0 Å². The summed E-state index contributed by atoms with van der Waals surface area (Å²) in [5.74, 6) is 0. The molecule has 4 heteroatoms. The summed E-state index contributed by atoms with van der Waals surface area (Å²) in [6, 6.07) is 4.26. The van der Waals surface area contributed by atoms with Gasteiger partial charge in [0.15, 0.2) is 0 Å². The molecule has 0 radical (unpaired) electrons. The van der Waals surface area contributed by atoms with E-state index in [9.17, 15) is 0 Å². The number of halogens is 1. The average molecular weight is 268 g/mol. The van der Waals surface area contributed by atoms with Gasteiger partial charge in [-0.25, -0.2) is 0 Å². The lowest BCUT2D eigenvalue weighted by molar-refractivity contribution is 0.268. The Labute approximate surface area is 115 Å². The van der Waals surface area contributed by atoms with Crippen molar-refractivity contribution in [3.05, 3.63) is 29.6 Å². The van der Waals surface area contributed by atoms with Gasteiger partial charge in [-0.3, -0.25) is 9.88 Å². The highest BCUT2D eigenvalue weighted by atomic mass is 35.5. The van der Waals surface area contributed by atoms with Crippen molar-refractivity contribution >= 4 is 12.4 Å². The first-order valence-electron chi connectivity index (χ1n) is 6.61. The second-order valence-electron chi connectivity index (χ2n) is 5.64. The van der Waals surface area contributed by atoms with Crippen LogP contribution < -0.4 is 5.32 Å². The molecule has 2 aliphatic heterocycles. The molecule has 1 unspecified atom stereocenters. The standard InChI is InChI=1S/C14H21N3.ClH/c1-12-13(3-2-6-16-12)9-17-8-5-14(11-17)4-7-15-10-14;/h2-3,6,15H,4-5,7-11H2,1H3;1H. The molecule has 0 saturated carbocycles. The van der Waals surface area contributed by atoms with E-state index >= 15 is 0 Å². The number of likely N-dealkylation sites (tertiary alicyclic amines) is 1. The Kier molecular flexibility index (Phi) is 4.25. The normalized spacial score (nSPS) is 27.6. The summed E-state index contributed by atoms with van der Waals surface area (Å²) in [5.41, 5.74) is 3.14. The van der Waals surface area contributed by atoms with Gasteiger partial charge in [-0.15, -0.1) is 12.4 Å². The number of rotatable bonds is 2. The van der Waals surface area contributed by atoms with E-state index in [2.05, 4.69) is 28.2 Å². The largest absolute Gasteiger partial charge is 0.316 e. The summed E-state index contributed by atoms with van der Waals surface area (Å²) >= 11 is 0. The number of aryl methyl sites for hydroxylation is 1. The summed E-state index contributed by atoms with van der Waals surface area (Å²) in [7, 11) is 0. The molecule has 18 heavy (non-hydrogen) atoms. The van der Waals surface area contributed by atoms with Crippen LogP contribution in [0.3, 0.4) is 0 Å². The topological polar surface area (TPSA) is 28.2 Å². The Morgan fingerprint density at radius 2 is 2.33 bits per heavy atom. The Hall–Kier alpha value is -0.640. The van der Waals surface area contributed by atoms with Crippen LogP contribution >= 0.6 is 12.4 Å². The van der Waals surface area contributed by atoms with Gasteiger partial charge >= 0.3 is 0 Å². The van der Waals surface area contributed by atoms with Crippen LogP contribution in [0.4, 0.5) is 0 Å². The highest BCUT2D eigenvalue weighted by molar-refractivity contribution is 5.85. The van der Waals surface area contributed by atoms with Gasteiger partial charge in [0.2, 0.25) is 0 Å². The third-order valence-electron chi connectivity index (χ3n) is 4.36. The zero-order valence-electron chi connectivity index (χ0n) is 11.0. The molecular weight excluding hydrogens is 246 g/mol. The lowest BCUT2D eigenvalue weighted by Gasteiger charge is -2.23. The summed E-state index contributed by atoms with van der Waals surface area (Å²) in [4.78, 5) is 6.97. The molecule has 1 N–H and O–H groups in total.